The molecule has 2 heteroatoms. The Morgan fingerprint density at radius 3 is 2.05 bits per heavy atom. The van der Waals surface area contributed by atoms with Gasteiger partial charge in [-0.05, 0) is 76.1 Å². The first-order chi connectivity index (χ1) is 26.6. The second-order valence-corrected chi connectivity index (χ2v) is 9.53. The molecule has 0 atom stereocenters. The highest BCUT2D eigenvalue weighted by molar-refractivity contribution is 6.19. The van der Waals surface area contributed by atoms with E-state index in [1.165, 1.54) is 0 Å². The Hall–Kier alpha value is -5.60. The third-order valence-electron chi connectivity index (χ3n) is 7.10. The molecule has 198 valence electrons. The zero-order valence-electron chi connectivity index (χ0n) is 35.9. The minimum Gasteiger partial charge on any atom is -0.455 e. The molecule has 1 heterocycles. The maximum Gasteiger partial charge on any atom is 0.143 e. The van der Waals surface area contributed by atoms with Crippen molar-refractivity contribution in [2.45, 2.75) is 0 Å². The number of hydrogen-bond acceptors (Lipinski definition) is 2. The second-order valence-electron chi connectivity index (χ2n) is 9.53. The molecule has 42 heavy (non-hydrogen) atoms. The van der Waals surface area contributed by atoms with Gasteiger partial charge in [0.2, 0.25) is 0 Å². The zero-order chi connectivity index (χ0) is 40.1. The third-order valence-corrected chi connectivity index (χ3v) is 7.10. The van der Waals surface area contributed by atoms with Crippen LogP contribution in [0.2, 0.25) is 0 Å². The van der Waals surface area contributed by atoms with E-state index in [4.69, 9.17) is 20.9 Å². The van der Waals surface area contributed by atoms with Crippen LogP contribution in [0.5, 0.6) is 0 Å². The molecule has 0 radical (unpaired) electrons. The molecule has 2 nitrogen and oxygen atoms in total. The monoisotopic (exact) mass is 551 g/mol. The van der Waals surface area contributed by atoms with Gasteiger partial charge in [-0.3, -0.25) is 0 Å². The Labute approximate surface area is 264 Å². The van der Waals surface area contributed by atoms with Gasteiger partial charge >= 0.3 is 0 Å². The van der Waals surface area contributed by atoms with Gasteiger partial charge in [-0.2, -0.15) is 0 Å². The van der Waals surface area contributed by atoms with Crippen molar-refractivity contribution >= 4 is 49.8 Å². The molecule has 0 fully saturated rings. The lowest BCUT2D eigenvalue weighted by Gasteiger charge is -2.26. The molecule has 0 spiro atoms. The van der Waals surface area contributed by atoms with Gasteiger partial charge in [0, 0.05) is 33.2 Å². The molecular weight excluding hydrogens is 510 g/mol. The highest BCUT2D eigenvalue weighted by Gasteiger charge is 2.17. The lowest BCUT2D eigenvalue weighted by Crippen LogP contribution is -2.09. The van der Waals surface area contributed by atoms with E-state index in [2.05, 4.69) is 0 Å². The number of hydrogen-bond donors (Lipinski definition) is 0. The van der Waals surface area contributed by atoms with E-state index in [0.29, 0.717) is 16.7 Å². The van der Waals surface area contributed by atoms with Gasteiger partial charge in [0.1, 0.15) is 11.2 Å². The summed E-state index contributed by atoms with van der Waals surface area (Å²) < 4.78 is 127. The van der Waals surface area contributed by atoms with Gasteiger partial charge in [-0.15, -0.1) is 0 Å². The third kappa shape index (κ3) is 4.13. The molecule has 0 N–H and O–H groups in total. The van der Waals surface area contributed by atoms with Crippen molar-refractivity contribution in [2.75, 3.05) is 4.90 Å². The van der Waals surface area contributed by atoms with Gasteiger partial charge in [0.05, 0.1) is 19.2 Å². The van der Waals surface area contributed by atoms with Crippen molar-refractivity contribution in [3.8, 4) is 22.3 Å². The number of benzene rings is 7. The highest BCUT2D eigenvalue weighted by Crippen LogP contribution is 2.42. The number of anilines is 3. The fraction of sp³-hybridized carbons (Fsp3) is 0. The van der Waals surface area contributed by atoms with Crippen molar-refractivity contribution in [3.63, 3.8) is 0 Å². The summed E-state index contributed by atoms with van der Waals surface area (Å²) in [5, 5.41) is 3.54. The maximum atomic E-state index is 9.24. The fourth-order valence-electron chi connectivity index (χ4n) is 5.25. The molecule has 0 saturated heterocycles. The summed E-state index contributed by atoms with van der Waals surface area (Å²) in [4.78, 5) is 1.08. The van der Waals surface area contributed by atoms with E-state index in [1.807, 2.05) is 54.6 Å². The Morgan fingerprint density at radius 2 is 1.21 bits per heavy atom. The number of fused-ring (bicyclic) bond motifs is 5. The van der Waals surface area contributed by atoms with Crippen LogP contribution in [-0.4, -0.2) is 0 Å². The van der Waals surface area contributed by atoms with E-state index in [1.54, 1.807) is 24.3 Å². The van der Waals surface area contributed by atoms with E-state index in [-0.39, 0.29) is 5.69 Å². The minimum atomic E-state index is -0.769. The lowest BCUT2D eigenvalue weighted by molar-refractivity contribution is 0.673. The number of furan rings is 1. The minimum absolute atomic E-state index is 0.118. The van der Waals surface area contributed by atoms with Gasteiger partial charge in [-0.25, -0.2) is 0 Å². The summed E-state index contributed by atoms with van der Waals surface area (Å²) in [6.45, 7) is 0. The average Bonchev–Trinajstić information content (AvgIpc) is 3.60. The standard InChI is InChI=1S/C40H27NO/c1-3-11-28(12-4-1)29-21-24-33(25-22-29)41(32-15-5-2-6-16-32)34-17-9-14-31(27-34)35-19-10-20-38-39(35)37-26-23-30-13-7-8-18-36(30)40(37)42-38/h1-27H/i1D,2D,3D,4D,5D,6D,11D,12D,15D,16D,21D,22D,24D,25D. The van der Waals surface area contributed by atoms with Gasteiger partial charge in [0.25, 0.3) is 0 Å². The predicted octanol–water partition coefficient (Wildman–Crippen LogP) is 11.5. The highest BCUT2D eigenvalue weighted by atomic mass is 16.3. The van der Waals surface area contributed by atoms with Crippen LogP contribution in [0.1, 0.15) is 19.2 Å². The first kappa shape index (κ1) is 13.8. The number of rotatable bonds is 5. The van der Waals surface area contributed by atoms with E-state index >= 15 is 0 Å². The molecule has 0 saturated carbocycles. The zero-order valence-corrected chi connectivity index (χ0v) is 21.9. The molecule has 0 bridgehead atoms. The molecule has 8 rings (SSSR count). The molecule has 0 unspecified atom stereocenters. The summed E-state index contributed by atoms with van der Waals surface area (Å²) in [6, 6.07) is 13.9. The van der Waals surface area contributed by atoms with Crippen molar-refractivity contribution in [1.29, 1.82) is 0 Å². The molecule has 0 aliphatic carbocycles. The second kappa shape index (κ2) is 10.1. The normalized spacial score (nSPS) is 16.0. The Balaban J connectivity index is 1.42. The molecule has 0 amide bonds. The summed E-state index contributed by atoms with van der Waals surface area (Å²) in [6.07, 6.45) is 0. The summed E-state index contributed by atoms with van der Waals surface area (Å²) in [7, 11) is 0. The first-order valence-electron chi connectivity index (χ1n) is 20.1. The number of nitrogens with zero attached hydrogens (tertiary/aromatic N) is 1. The van der Waals surface area contributed by atoms with Gasteiger partial charge < -0.3 is 9.32 Å². The van der Waals surface area contributed by atoms with Crippen LogP contribution in [-0.2, 0) is 0 Å². The van der Waals surface area contributed by atoms with Crippen LogP contribution in [0.25, 0.3) is 55.0 Å². The van der Waals surface area contributed by atoms with Crippen molar-refractivity contribution in [2.24, 2.45) is 0 Å². The van der Waals surface area contributed by atoms with E-state index in [9.17, 15) is 2.74 Å². The molecule has 0 aliphatic heterocycles. The van der Waals surface area contributed by atoms with E-state index < -0.39 is 107 Å². The molecule has 7 aromatic carbocycles. The molecular formula is C40H27NO. The van der Waals surface area contributed by atoms with Gasteiger partial charge in [0.15, 0.2) is 0 Å². The summed E-state index contributed by atoms with van der Waals surface area (Å²) >= 11 is 0. The smallest absolute Gasteiger partial charge is 0.143 e. The van der Waals surface area contributed by atoms with Crippen LogP contribution >= 0.6 is 0 Å². The van der Waals surface area contributed by atoms with Crippen LogP contribution in [0.4, 0.5) is 17.1 Å². The van der Waals surface area contributed by atoms with E-state index in [0.717, 1.165) is 32.0 Å². The largest absolute Gasteiger partial charge is 0.455 e. The SMILES string of the molecule is [2H]c1c([2H])c([2H])c(-c2c([2H])c([2H])c(N(c3cccc(-c4cccc5oc6c7ccccc7ccc6c45)c3)c3c([2H])c([2H])c([2H])c([2H])c3[2H])c([2H])c2[2H])c([2H])c1[2H]. The summed E-state index contributed by atoms with van der Waals surface area (Å²) in [5.74, 6) is 0. The van der Waals surface area contributed by atoms with Crippen LogP contribution < -0.4 is 4.90 Å². The average molecular weight is 552 g/mol. The van der Waals surface area contributed by atoms with Crippen molar-refractivity contribution < 1.29 is 23.6 Å². The van der Waals surface area contributed by atoms with Crippen LogP contribution in [0.15, 0.2) is 168 Å². The lowest BCUT2D eigenvalue weighted by atomic mass is 9.97. The quantitative estimate of drug-likeness (QED) is 0.211. The topological polar surface area (TPSA) is 16.4 Å². The molecule has 1 aromatic heterocycles. The Bertz CT molecular complexity index is 2910. The molecule has 8 aromatic rings. The van der Waals surface area contributed by atoms with Crippen molar-refractivity contribution in [1.82, 2.24) is 0 Å². The predicted molar refractivity (Wildman–Crippen MR) is 177 cm³/mol. The maximum absolute atomic E-state index is 9.24. The van der Waals surface area contributed by atoms with Gasteiger partial charge in [-0.1, -0.05) is 115 Å². The number of para-hydroxylation sites is 1. The van der Waals surface area contributed by atoms with Crippen molar-refractivity contribution in [3.05, 3.63) is 163 Å². The summed E-state index contributed by atoms with van der Waals surface area (Å²) in [5.41, 5.74) is 0.671. The molecule has 0 aliphatic rings. The Kier molecular flexibility index (Phi) is 3.33. The fourth-order valence-corrected chi connectivity index (χ4v) is 5.25. The first-order valence-corrected chi connectivity index (χ1v) is 13.1. The Morgan fingerprint density at radius 1 is 0.500 bits per heavy atom. The van der Waals surface area contributed by atoms with Crippen LogP contribution in [0, 0.1) is 0 Å². The van der Waals surface area contributed by atoms with Crippen LogP contribution in [0.3, 0.4) is 0 Å².